The summed E-state index contributed by atoms with van der Waals surface area (Å²) in [6.07, 6.45) is 0. The van der Waals surface area contributed by atoms with Crippen LogP contribution in [-0.2, 0) is 0 Å². The molecule has 0 saturated heterocycles. The fraction of sp³-hybridized carbons (Fsp3) is 0. The number of benzene rings is 7. The second kappa shape index (κ2) is 11.4. The van der Waals surface area contributed by atoms with E-state index in [1.807, 2.05) is 72.8 Å². The van der Waals surface area contributed by atoms with Crippen molar-refractivity contribution in [2.75, 3.05) is 0 Å². The summed E-state index contributed by atoms with van der Waals surface area (Å²) in [5, 5.41) is 4.49. The maximum Gasteiger partial charge on any atom is 0.238 e. The summed E-state index contributed by atoms with van der Waals surface area (Å²) in [4.78, 5) is 20.5. The lowest BCUT2D eigenvalue weighted by Gasteiger charge is -2.12. The van der Waals surface area contributed by atoms with Crippen molar-refractivity contribution in [2.45, 2.75) is 0 Å². The first-order chi connectivity index (χ1) is 24.8. The molecule has 234 valence electrons. The van der Waals surface area contributed by atoms with Crippen molar-refractivity contribution in [3.8, 4) is 45.8 Å². The van der Waals surface area contributed by atoms with Crippen LogP contribution in [-0.4, -0.2) is 29.1 Å². The Balaban J connectivity index is 1.32. The summed E-state index contributed by atoms with van der Waals surface area (Å²) in [7, 11) is 0. The van der Waals surface area contributed by atoms with E-state index in [0.717, 1.165) is 71.8 Å². The third-order valence-corrected chi connectivity index (χ3v) is 9.36. The molecular formula is C44H28N6. The van der Waals surface area contributed by atoms with Gasteiger partial charge < -0.3 is 0 Å². The van der Waals surface area contributed by atoms with Gasteiger partial charge in [-0.15, -0.1) is 0 Å². The van der Waals surface area contributed by atoms with Crippen LogP contribution in [0.15, 0.2) is 170 Å². The zero-order valence-corrected chi connectivity index (χ0v) is 26.8. The predicted molar refractivity (Wildman–Crippen MR) is 203 cm³/mol. The van der Waals surface area contributed by atoms with Gasteiger partial charge in [-0.2, -0.15) is 9.97 Å². The Hall–Kier alpha value is -6.92. The molecule has 0 spiro atoms. The van der Waals surface area contributed by atoms with E-state index in [1.165, 1.54) is 0 Å². The molecule has 0 bridgehead atoms. The summed E-state index contributed by atoms with van der Waals surface area (Å²) in [5.74, 6) is 2.71. The molecule has 0 aliphatic carbocycles. The van der Waals surface area contributed by atoms with Gasteiger partial charge in [-0.3, -0.25) is 9.13 Å². The van der Waals surface area contributed by atoms with E-state index in [9.17, 15) is 0 Å². The SMILES string of the molecule is c1ccc(-c2nc(-c3ccccc3)nc(-n3c4ccccc4c4cc5ccc6nc(-c7ccccc7)n(-c7ccccc7)c6c5cc43)n2)cc1. The Morgan fingerprint density at radius 1 is 0.380 bits per heavy atom. The average Bonchev–Trinajstić information content (AvgIpc) is 3.75. The van der Waals surface area contributed by atoms with Crippen molar-refractivity contribution in [1.29, 1.82) is 0 Å². The lowest BCUT2D eigenvalue weighted by atomic mass is 10.0. The van der Waals surface area contributed by atoms with Crippen molar-refractivity contribution < 1.29 is 0 Å². The molecule has 0 aliphatic heterocycles. The van der Waals surface area contributed by atoms with E-state index < -0.39 is 0 Å². The van der Waals surface area contributed by atoms with Gasteiger partial charge in [0.1, 0.15) is 5.82 Å². The molecule has 3 aromatic heterocycles. The Morgan fingerprint density at radius 2 is 0.960 bits per heavy atom. The first-order valence-electron chi connectivity index (χ1n) is 16.7. The van der Waals surface area contributed by atoms with E-state index >= 15 is 0 Å². The highest BCUT2D eigenvalue weighted by Gasteiger charge is 2.21. The lowest BCUT2D eigenvalue weighted by Crippen LogP contribution is -2.06. The molecule has 10 rings (SSSR count). The summed E-state index contributed by atoms with van der Waals surface area (Å²) >= 11 is 0. The van der Waals surface area contributed by atoms with Gasteiger partial charge in [0.05, 0.1) is 22.1 Å². The van der Waals surface area contributed by atoms with Crippen molar-refractivity contribution in [1.82, 2.24) is 29.1 Å². The third-order valence-electron chi connectivity index (χ3n) is 9.36. The summed E-state index contributed by atoms with van der Waals surface area (Å²) in [6, 6.07) is 58.5. The highest BCUT2D eigenvalue weighted by Crippen LogP contribution is 2.39. The fourth-order valence-corrected chi connectivity index (χ4v) is 7.08. The van der Waals surface area contributed by atoms with Gasteiger partial charge in [-0.1, -0.05) is 133 Å². The highest BCUT2D eigenvalue weighted by atomic mass is 15.2. The Morgan fingerprint density at radius 3 is 1.62 bits per heavy atom. The molecule has 0 unspecified atom stereocenters. The van der Waals surface area contributed by atoms with Crippen LogP contribution in [0.4, 0.5) is 0 Å². The number of hydrogen-bond donors (Lipinski definition) is 0. The van der Waals surface area contributed by atoms with Gasteiger partial charge in [0.25, 0.3) is 0 Å². The largest absolute Gasteiger partial charge is 0.292 e. The molecule has 0 fully saturated rings. The van der Waals surface area contributed by atoms with Crippen molar-refractivity contribution in [3.63, 3.8) is 0 Å². The zero-order valence-electron chi connectivity index (χ0n) is 26.8. The number of imidazole rings is 1. The molecule has 6 heteroatoms. The molecular weight excluding hydrogens is 613 g/mol. The van der Waals surface area contributed by atoms with E-state index in [2.05, 4.69) is 106 Å². The summed E-state index contributed by atoms with van der Waals surface area (Å²) < 4.78 is 4.47. The van der Waals surface area contributed by atoms with Gasteiger partial charge in [-0.25, -0.2) is 9.97 Å². The molecule has 10 aromatic rings. The first-order valence-corrected chi connectivity index (χ1v) is 16.7. The van der Waals surface area contributed by atoms with E-state index in [-0.39, 0.29) is 0 Å². The monoisotopic (exact) mass is 640 g/mol. The fourth-order valence-electron chi connectivity index (χ4n) is 7.08. The van der Waals surface area contributed by atoms with Crippen molar-refractivity contribution in [3.05, 3.63) is 170 Å². The zero-order chi connectivity index (χ0) is 33.0. The lowest BCUT2D eigenvalue weighted by molar-refractivity contribution is 0.954. The van der Waals surface area contributed by atoms with Gasteiger partial charge in [0.2, 0.25) is 5.95 Å². The maximum atomic E-state index is 5.23. The molecule has 6 nitrogen and oxygen atoms in total. The Labute approximate surface area is 287 Å². The quantitative estimate of drug-likeness (QED) is 0.188. The van der Waals surface area contributed by atoms with Crippen molar-refractivity contribution in [2.24, 2.45) is 0 Å². The third kappa shape index (κ3) is 4.50. The minimum atomic E-state index is 0.567. The number of rotatable bonds is 5. The van der Waals surface area contributed by atoms with Crippen LogP contribution in [0, 0.1) is 0 Å². The van der Waals surface area contributed by atoms with Crippen LogP contribution >= 0.6 is 0 Å². The molecule has 7 aromatic carbocycles. The van der Waals surface area contributed by atoms with Gasteiger partial charge in [-0.05, 0) is 41.8 Å². The number of fused-ring (bicyclic) bond motifs is 6. The van der Waals surface area contributed by atoms with Crippen LogP contribution in [0.3, 0.4) is 0 Å². The second-order valence-corrected chi connectivity index (χ2v) is 12.4. The number of hydrogen-bond acceptors (Lipinski definition) is 4. The average molecular weight is 641 g/mol. The summed E-state index contributed by atoms with van der Waals surface area (Å²) in [6.45, 7) is 0. The van der Waals surface area contributed by atoms with Gasteiger partial charge >= 0.3 is 0 Å². The minimum absolute atomic E-state index is 0.567. The van der Waals surface area contributed by atoms with Crippen LogP contribution in [0.5, 0.6) is 0 Å². The number of nitrogens with zero attached hydrogens (tertiary/aromatic N) is 6. The topological polar surface area (TPSA) is 61.4 Å². The molecule has 0 N–H and O–H groups in total. The van der Waals surface area contributed by atoms with Crippen molar-refractivity contribution >= 4 is 43.6 Å². The smallest absolute Gasteiger partial charge is 0.238 e. The van der Waals surface area contributed by atoms with Gasteiger partial charge in [0.15, 0.2) is 11.6 Å². The van der Waals surface area contributed by atoms with E-state index in [1.54, 1.807) is 0 Å². The first kappa shape index (κ1) is 28.1. The molecule has 50 heavy (non-hydrogen) atoms. The molecule has 0 atom stereocenters. The van der Waals surface area contributed by atoms with E-state index in [0.29, 0.717) is 17.6 Å². The van der Waals surface area contributed by atoms with Gasteiger partial charge in [0, 0.05) is 38.5 Å². The standard InChI is InChI=1S/C44H28N6/c1-5-15-29(16-6-1)41-46-42(30-17-7-2-8-18-30)48-44(47-41)50-38-24-14-13-23-34(38)36-27-32-25-26-37-40(35(32)28-39(36)50)49(33-21-11-4-12-22-33)43(45-37)31-19-9-3-10-20-31/h1-28H. The highest BCUT2D eigenvalue weighted by molar-refractivity contribution is 6.17. The van der Waals surface area contributed by atoms with Crippen LogP contribution in [0.25, 0.3) is 89.4 Å². The van der Waals surface area contributed by atoms with Crippen LogP contribution in [0.2, 0.25) is 0 Å². The molecule has 0 aliphatic rings. The Kier molecular flexibility index (Phi) is 6.39. The number of para-hydroxylation sites is 2. The molecule has 0 saturated carbocycles. The molecule has 3 heterocycles. The minimum Gasteiger partial charge on any atom is -0.292 e. The molecule has 0 amide bonds. The predicted octanol–water partition coefficient (Wildman–Crippen LogP) is 10.5. The maximum absolute atomic E-state index is 5.23. The van der Waals surface area contributed by atoms with Crippen LogP contribution in [0.1, 0.15) is 0 Å². The number of aromatic nitrogens is 6. The second-order valence-electron chi connectivity index (χ2n) is 12.4. The van der Waals surface area contributed by atoms with Crippen LogP contribution < -0.4 is 0 Å². The van der Waals surface area contributed by atoms with E-state index in [4.69, 9.17) is 19.9 Å². The molecule has 0 radical (unpaired) electrons. The normalized spacial score (nSPS) is 11.6. The Bertz CT molecular complexity index is 2780. The summed E-state index contributed by atoms with van der Waals surface area (Å²) in [5.41, 5.74) is 8.00.